The van der Waals surface area contributed by atoms with Gasteiger partial charge in [-0.25, -0.2) is 0 Å². The van der Waals surface area contributed by atoms with E-state index in [0.29, 0.717) is 25.2 Å². The SMILES string of the molecule is CC1(C)CN=C2N(Cc3ccc(Br)cc3)C(=O)C3=C(CCN(Cc4cccc(C#N)c4)C3)N2C1. The minimum atomic E-state index is 0.0557. The van der Waals surface area contributed by atoms with Crippen LogP contribution in [-0.2, 0) is 17.9 Å². The van der Waals surface area contributed by atoms with Gasteiger partial charge in [-0.05, 0) is 35.4 Å². The van der Waals surface area contributed by atoms with Crippen molar-refractivity contribution in [3.63, 3.8) is 0 Å². The summed E-state index contributed by atoms with van der Waals surface area (Å²) in [5.41, 5.74) is 4.90. The zero-order valence-corrected chi connectivity index (χ0v) is 21.2. The molecule has 2 aromatic rings. The van der Waals surface area contributed by atoms with Gasteiger partial charge in [0.15, 0.2) is 0 Å². The van der Waals surface area contributed by atoms with Crippen LogP contribution in [0.15, 0.2) is 69.3 Å². The maximum atomic E-state index is 13.8. The highest BCUT2D eigenvalue weighted by molar-refractivity contribution is 9.10. The Labute approximate surface area is 209 Å². The van der Waals surface area contributed by atoms with Gasteiger partial charge in [-0.15, -0.1) is 0 Å². The van der Waals surface area contributed by atoms with Crippen LogP contribution in [0.1, 0.15) is 37.0 Å². The fraction of sp³-hybridized carbons (Fsp3) is 0.370. The van der Waals surface area contributed by atoms with Gasteiger partial charge in [0.25, 0.3) is 5.91 Å². The van der Waals surface area contributed by atoms with Gasteiger partial charge in [0.2, 0.25) is 5.96 Å². The van der Waals surface area contributed by atoms with Crippen LogP contribution in [0.25, 0.3) is 0 Å². The predicted molar refractivity (Wildman–Crippen MR) is 136 cm³/mol. The molecule has 5 rings (SSSR count). The first-order chi connectivity index (χ1) is 16.3. The van der Waals surface area contributed by atoms with Crippen molar-refractivity contribution >= 4 is 27.8 Å². The molecule has 7 heteroatoms. The molecule has 0 saturated heterocycles. The largest absolute Gasteiger partial charge is 0.315 e. The number of fused-ring (bicyclic) bond motifs is 2. The number of amides is 1. The number of halogens is 1. The molecule has 3 heterocycles. The summed E-state index contributed by atoms with van der Waals surface area (Å²) >= 11 is 3.50. The van der Waals surface area contributed by atoms with Crippen LogP contribution in [0.4, 0.5) is 0 Å². The van der Waals surface area contributed by atoms with Crippen LogP contribution in [0.5, 0.6) is 0 Å². The van der Waals surface area contributed by atoms with E-state index in [2.05, 4.69) is 45.6 Å². The molecule has 0 spiro atoms. The fourth-order valence-electron chi connectivity index (χ4n) is 4.96. The van der Waals surface area contributed by atoms with Crippen molar-refractivity contribution in [3.05, 3.63) is 81.0 Å². The van der Waals surface area contributed by atoms with Crippen molar-refractivity contribution in [1.82, 2.24) is 14.7 Å². The molecule has 0 atom stereocenters. The second-order valence-corrected chi connectivity index (χ2v) is 11.0. The van der Waals surface area contributed by atoms with Crippen LogP contribution < -0.4 is 0 Å². The summed E-state index contributed by atoms with van der Waals surface area (Å²) in [7, 11) is 0. The summed E-state index contributed by atoms with van der Waals surface area (Å²) in [6.07, 6.45) is 0.820. The molecule has 0 aromatic heterocycles. The topological polar surface area (TPSA) is 62.9 Å². The minimum Gasteiger partial charge on any atom is -0.315 e. The number of nitrogens with zero attached hydrogens (tertiary/aromatic N) is 5. The first-order valence-electron chi connectivity index (χ1n) is 11.6. The van der Waals surface area contributed by atoms with Gasteiger partial charge in [0.1, 0.15) is 0 Å². The molecule has 0 bridgehead atoms. The minimum absolute atomic E-state index is 0.0557. The van der Waals surface area contributed by atoms with Crippen molar-refractivity contribution in [2.24, 2.45) is 10.4 Å². The van der Waals surface area contributed by atoms with Gasteiger partial charge in [0.05, 0.1) is 23.8 Å². The highest BCUT2D eigenvalue weighted by Crippen LogP contribution is 2.35. The molecule has 0 unspecified atom stereocenters. The number of hydrogen-bond donors (Lipinski definition) is 0. The average molecular weight is 518 g/mol. The second-order valence-electron chi connectivity index (χ2n) is 10.1. The molecule has 6 nitrogen and oxygen atoms in total. The summed E-state index contributed by atoms with van der Waals surface area (Å²) in [5, 5.41) is 9.23. The molecule has 34 heavy (non-hydrogen) atoms. The lowest BCUT2D eigenvalue weighted by molar-refractivity contribution is -0.126. The molecule has 0 saturated carbocycles. The molecule has 3 aliphatic rings. The average Bonchev–Trinajstić information content (AvgIpc) is 2.83. The third kappa shape index (κ3) is 4.53. The Morgan fingerprint density at radius 1 is 1.12 bits per heavy atom. The molecule has 0 fully saturated rings. The third-order valence-corrected chi connectivity index (χ3v) is 7.19. The van der Waals surface area contributed by atoms with E-state index >= 15 is 0 Å². The number of rotatable bonds is 4. The Bertz CT molecular complexity index is 1220. The van der Waals surface area contributed by atoms with E-state index in [1.54, 1.807) is 0 Å². The molecule has 3 aliphatic heterocycles. The standard InChI is InChI=1S/C27H28BrN5O/c1-27(2)17-30-26-32(15-19-6-8-22(28)9-7-19)25(34)23-16-31(11-10-24(23)33(26)18-27)14-21-5-3-4-20(12-21)13-29/h3-9,12H,10-11,14-18H2,1-2H3. The zero-order valence-electron chi connectivity index (χ0n) is 19.6. The number of nitriles is 1. The van der Waals surface area contributed by atoms with Crippen LogP contribution in [0, 0.1) is 16.7 Å². The number of hydrogen-bond acceptors (Lipinski definition) is 5. The summed E-state index contributed by atoms with van der Waals surface area (Å²) in [6.45, 7) is 8.75. The molecular weight excluding hydrogens is 490 g/mol. The lowest BCUT2D eigenvalue weighted by Gasteiger charge is -2.48. The summed E-state index contributed by atoms with van der Waals surface area (Å²) in [5.74, 6) is 0.851. The fourth-order valence-corrected chi connectivity index (χ4v) is 5.23. The van der Waals surface area contributed by atoms with E-state index in [1.807, 2.05) is 53.4 Å². The highest BCUT2D eigenvalue weighted by atomic mass is 79.9. The van der Waals surface area contributed by atoms with Crippen molar-refractivity contribution in [1.29, 1.82) is 5.26 Å². The van der Waals surface area contributed by atoms with Gasteiger partial charge < -0.3 is 4.90 Å². The van der Waals surface area contributed by atoms with Crippen LogP contribution in [0.3, 0.4) is 0 Å². The number of carbonyl (C=O) groups is 1. The lowest BCUT2D eigenvalue weighted by Crippen LogP contribution is -2.59. The highest BCUT2D eigenvalue weighted by Gasteiger charge is 2.43. The predicted octanol–water partition coefficient (Wildman–Crippen LogP) is 4.52. The molecule has 0 radical (unpaired) electrons. The molecular formula is C27H28BrN5O. The van der Waals surface area contributed by atoms with Crippen molar-refractivity contribution in [3.8, 4) is 6.07 Å². The van der Waals surface area contributed by atoms with Crippen molar-refractivity contribution in [2.45, 2.75) is 33.4 Å². The third-order valence-electron chi connectivity index (χ3n) is 6.66. The normalized spacial score (nSPS) is 19.9. The monoisotopic (exact) mass is 517 g/mol. The maximum absolute atomic E-state index is 13.8. The first-order valence-corrected chi connectivity index (χ1v) is 12.4. The first kappa shape index (κ1) is 22.8. The van der Waals surface area contributed by atoms with E-state index < -0.39 is 0 Å². The number of aliphatic imine (C=N–C) groups is 1. The van der Waals surface area contributed by atoms with Crippen LogP contribution in [-0.4, -0.2) is 52.7 Å². The van der Waals surface area contributed by atoms with Crippen molar-refractivity contribution < 1.29 is 4.79 Å². The molecule has 2 aromatic carbocycles. The van der Waals surface area contributed by atoms with E-state index in [-0.39, 0.29) is 11.3 Å². The van der Waals surface area contributed by atoms with Gasteiger partial charge in [-0.1, -0.05) is 54.0 Å². The Kier molecular flexibility index (Phi) is 6.05. The molecule has 1 amide bonds. The van der Waals surface area contributed by atoms with E-state index in [9.17, 15) is 10.1 Å². The van der Waals surface area contributed by atoms with Crippen molar-refractivity contribution in [2.75, 3.05) is 26.2 Å². The Balaban J connectivity index is 1.45. The van der Waals surface area contributed by atoms with E-state index in [4.69, 9.17) is 4.99 Å². The summed E-state index contributed by atoms with van der Waals surface area (Å²) in [4.78, 5) is 25.2. The quantitative estimate of drug-likeness (QED) is 0.597. The molecule has 174 valence electrons. The summed E-state index contributed by atoms with van der Waals surface area (Å²) < 4.78 is 1.02. The van der Waals surface area contributed by atoms with E-state index in [1.165, 1.54) is 0 Å². The Morgan fingerprint density at radius 2 is 1.91 bits per heavy atom. The van der Waals surface area contributed by atoms with Crippen LogP contribution in [0.2, 0.25) is 0 Å². The lowest BCUT2D eigenvalue weighted by atomic mass is 9.89. The number of guanidine groups is 1. The Hall–Kier alpha value is -2.95. The number of carbonyl (C=O) groups excluding carboxylic acids is 1. The number of benzene rings is 2. The van der Waals surface area contributed by atoms with Gasteiger partial charge in [-0.2, -0.15) is 5.26 Å². The van der Waals surface area contributed by atoms with E-state index in [0.717, 1.165) is 58.9 Å². The van der Waals surface area contributed by atoms with Gasteiger partial charge in [-0.3, -0.25) is 19.6 Å². The Morgan fingerprint density at radius 3 is 2.68 bits per heavy atom. The second kappa shape index (κ2) is 9.01. The smallest absolute Gasteiger partial charge is 0.259 e. The summed E-state index contributed by atoms with van der Waals surface area (Å²) in [6, 6.07) is 18.1. The zero-order chi connectivity index (χ0) is 23.9. The maximum Gasteiger partial charge on any atom is 0.259 e. The molecule has 0 aliphatic carbocycles. The van der Waals surface area contributed by atoms with Gasteiger partial charge >= 0.3 is 0 Å². The van der Waals surface area contributed by atoms with Crippen LogP contribution >= 0.6 is 15.9 Å². The molecule has 0 N–H and O–H groups in total. The van der Waals surface area contributed by atoms with Gasteiger partial charge in [0, 0.05) is 54.7 Å².